The molecule has 1 fully saturated rings. The fourth-order valence-corrected chi connectivity index (χ4v) is 3.31. The van der Waals surface area contributed by atoms with Crippen LogP contribution in [0.2, 0.25) is 0 Å². The SMILES string of the molecule is CC1(O)CCCN(C(=O)COc2ccc3c(c2)CCC3)C1. The number of aliphatic hydroxyl groups is 1. The Morgan fingerprint density at radius 2 is 2.14 bits per heavy atom. The van der Waals surface area contributed by atoms with Gasteiger partial charge in [-0.2, -0.15) is 0 Å². The first kappa shape index (κ1) is 14.4. The Bertz CT molecular complexity index is 539. The van der Waals surface area contributed by atoms with E-state index < -0.39 is 5.60 Å². The summed E-state index contributed by atoms with van der Waals surface area (Å²) in [4.78, 5) is 13.9. The second kappa shape index (κ2) is 5.68. The minimum absolute atomic E-state index is 0.0459. The number of β-amino-alcohol motifs (C(OH)–C–C–N with tert-alkyl or cyclic N) is 1. The van der Waals surface area contributed by atoms with E-state index in [2.05, 4.69) is 12.1 Å². The quantitative estimate of drug-likeness (QED) is 0.925. The van der Waals surface area contributed by atoms with Crippen LogP contribution in [-0.2, 0) is 17.6 Å². The number of ether oxygens (including phenoxy) is 1. The predicted molar refractivity (Wildman–Crippen MR) is 80.4 cm³/mol. The summed E-state index contributed by atoms with van der Waals surface area (Å²) in [5.74, 6) is 0.725. The largest absolute Gasteiger partial charge is 0.484 e. The van der Waals surface area contributed by atoms with Crippen molar-refractivity contribution in [2.24, 2.45) is 0 Å². The Morgan fingerprint density at radius 3 is 2.95 bits per heavy atom. The van der Waals surface area contributed by atoms with E-state index in [0.29, 0.717) is 13.1 Å². The highest BCUT2D eigenvalue weighted by Gasteiger charge is 2.30. The van der Waals surface area contributed by atoms with E-state index in [9.17, 15) is 9.90 Å². The molecule has 1 N–H and O–H groups in total. The number of benzene rings is 1. The number of carbonyl (C=O) groups is 1. The van der Waals surface area contributed by atoms with Gasteiger partial charge in [0, 0.05) is 13.1 Å². The standard InChI is InChI=1S/C17H23NO3/c1-17(20)8-3-9-18(12-17)16(19)11-21-15-7-6-13-4-2-5-14(13)10-15/h6-7,10,20H,2-5,8-9,11-12H2,1H3. The van der Waals surface area contributed by atoms with Crippen LogP contribution in [0.15, 0.2) is 18.2 Å². The molecule has 1 aromatic carbocycles. The summed E-state index contributed by atoms with van der Waals surface area (Å²) >= 11 is 0. The van der Waals surface area contributed by atoms with Gasteiger partial charge in [0.15, 0.2) is 6.61 Å². The third kappa shape index (κ3) is 3.38. The molecule has 114 valence electrons. The average molecular weight is 289 g/mol. The van der Waals surface area contributed by atoms with E-state index in [1.54, 1.807) is 11.8 Å². The average Bonchev–Trinajstić information content (AvgIpc) is 2.91. The van der Waals surface area contributed by atoms with Crippen molar-refractivity contribution in [2.75, 3.05) is 19.7 Å². The van der Waals surface area contributed by atoms with Crippen LogP contribution in [0.4, 0.5) is 0 Å². The molecule has 2 aliphatic rings. The van der Waals surface area contributed by atoms with Crippen molar-refractivity contribution < 1.29 is 14.6 Å². The summed E-state index contributed by atoms with van der Waals surface area (Å²) in [6, 6.07) is 6.11. The summed E-state index contributed by atoms with van der Waals surface area (Å²) in [6.07, 6.45) is 5.06. The number of rotatable bonds is 3. The Hall–Kier alpha value is -1.55. The van der Waals surface area contributed by atoms with Crippen molar-refractivity contribution in [3.05, 3.63) is 29.3 Å². The first-order valence-corrected chi connectivity index (χ1v) is 7.78. The summed E-state index contributed by atoms with van der Waals surface area (Å²) in [5.41, 5.74) is 1.99. The molecule has 1 saturated heterocycles. The lowest BCUT2D eigenvalue weighted by molar-refractivity contribution is -0.139. The molecule has 0 bridgehead atoms. The van der Waals surface area contributed by atoms with Gasteiger partial charge in [-0.3, -0.25) is 4.79 Å². The maximum absolute atomic E-state index is 12.2. The lowest BCUT2D eigenvalue weighted by atomic mass is 9.95. The zero-order valence-electron chi connectivity index (χ0n) is 12.6. The molecule has 1 amide bonds. The molecule has 0 saturated carbocycles. The highest BCUT2D eigenvalue weighted by molar-refractivity contribution is 5.78. The second-order valence-corrected chi connectivity index (χ2v) is 6.49. The Morgan fingerprint density at radius 1 is 1.33 bits per heavy atom. The smallest absolute Gasteiger partial charge is 0.260 e. The van der Waals surface area contributed by atoms with E-state index >= 15 is 0 Å². The molecule has 4 heteroatoms. The number of hydrogen-bond donors (Lipinski definition) is 1. The predicted octanol–water partition coefficient (Wildman–Crippen LogP) is 1.93. The molecule has 21 heavy (non-hydrogen) atoms. The number of aryl methyl sites for hydroxylation is 2. The number of amides is 1. The first-order chi connectivity index (χ1) is 10.0. The summed E-state index contributed by atoms with van der Waals surface area (Å²) < 4.78 is 5.64. The Kier molecular flexibility index (Phi) is 3.89. The lowest BCUT2D eigenvalue weighted by Gasteiger charge is -2.36. The van der Waals surface area contributed by atoms with Crippen molar-refractivity contribution in [3.63, 3.8) is 0 Å². The molecule has 1 aromatic rings. The summed E-state index contributed by atoms with van der Waals surface area (Å²) in [6.45, 7) is 2.95. The molecule has 0 radical (unpaired) electrons. The second-order valence-electron chi connectivity index (χ2n) is 6.49. The zero-order chi connectivity index (χ0) is 14.9. The molecule has 1 unspecified atom stereocenters. The molecule has 1 aliphatic carbocycles. The van der Waals surface area contributed by atoms with Gasteiger partial charge in [-0.15, -0.1) is 0 Å². The van der Waals surface area contributed by atoms with E-state index in [4.69, 9.17) is 4.74 Å². The van der Waals surface area contributed by atoms with Crippen molar-refractivity contribution in [1.82, 2.24) is 4.90 Å². The maximum Gasteiger partial charge on any atom is 0.260 e. The third-order valence-electron chi connectivity index (χ3n) is 4.46. The lowest BCUT2D eigenvalue weighted by Crippen LogP contribution is -2.49. The van der Waals surface area contributed by atoms with Crippen molar-refractivity contribution in [2.45, 2.75) is 44.6 Å². The van der Waals surface area contributed by atoms with Crippen LogP contribution in [0.25, 0.3) is 0 Å². The molecule has 1 aliphatic heterocycles. The number of nitrogens with zero attached hydrogens (tertiary/aromatic N) is 1. The molecular formula is C17H23NO3. The fraction of sp³-hybridized carbons (Fsp3) is 0.588. The van der Waals surface area contributed by atoms with Gasteiger partial charge in [-0.05, 0) is 62.3 Å². The normalized spacial score (nSPS) is 24.8. The summed E-state index contributed by atoms with van der Waals surface area (Å²) in [7, 11) is 0. The van der Waals surface area contributed by atoms with Gasteiger partial charge in [-0.1, -0.05) is 6.07 Å². The molecular weight excluding hydrogens is 266 g/mol. The van der Waals surface area contributed by atoms with Crippen LogP contribution < -0.4 is 4.74 Å². The molecule has 3 rings (SSSR count). The van der Waals surface area contributed by atoms with Crippen molar-refractivity contribution in [3.8, 4) is 5.75 Å². The van der Waals surface area contributed by atoms with Crippen LogP contribution in [0.5, 0.6) is 5.75 Å². The van der Waals surface area contributed by atoms with Gasteiger partial charge in [-0.25, -0.2) is 0 Å². The van der Waals surface area contributed by atoms with Crippen molar-refractivity contribution >= 4 is 5.91 Å². The van der Waals surface area contributed by atoms with Gasteiger partial charge in [0.25, 0.3) is 5.91 Å². The number of hydrogen-bond acceptors (Lipinski definition) is 3. The maximum atomic E-state index is 12.2. The minimum atomic E-state index is -0.762. The van der Waals surface area contributed by atoms with Gasteiger partial charge in [0.1, 0.15) is 5.75 Å². The minimum Gasteiger partial charge on any atom is -0.484 e. The topological polar surface area (TPSA) is 49.8 Å². The summed E-state index contributed by atoms with van der Waals surface area (Å²) in [5, 5.41) is 10.1. The van der Waals surface area contributed by atoms with E-state index in [1.807, 2.05) is 6.07 Å². The van der Waals surface area contributed by atoms with Crippen LogP contribution in [-0.4, -0.2) is 41.2 Å². The zero-order valence-corrected chi connectivity index (χ0v) is 12.6. The van der Waals surface area contributed by atoms with E-state index in [0.717, 1.165) is 31.4 Å². The molecule has 0 spiro atoms. The molecule has 4 nitrogen and oxygen atoms in total. The van der Waals surface area contributed by atoms with Gasteiger partial charge >= 0.3 is 0 Å². The number of carbonyl (C=O) groups excluding carboxylic acids is 1. The molecule has 1 atom stereocenters. The van der Waals surface area contributed by atoms with Crippen LogP contribution >= 0.6 is 0 Å². The highest BCUT2D eigenvalue weighted by Crippen LogP contribution is 2.26. The van der Waals surface area contributed by atoms with Gasteiger partial charge in [0.05, 0.1) is 5.60 Å². The number of likely N-dealkylation sites (tertiary alicyclic amines) is 1. The third-order valence-corrected chi connectivity index (χ3v) is 4.46. The highest BCUT2D eigenvalue weighted by atomic mass is 16.5. The fourth-order valence-electron chi connectivity index (χ4n) is 3.31. The Balaban J connectivity index is 1.56. The van der Waals surface area contributed by atoms with E-state index in [-0.39, 0.29) is 12.5 Å². The molecule has 1 heterocycles. The van der Waals surface area contributed by atoms with Crippen LogP contribution in [0, 0.1) is 0 Å². The first-order valence-electron chi connectivity index (χ1n) is 7.78. The van der Waals surface area contributed by atoms with Crippen LogP contribution in [0.1, 0.15) is 37.3 Å². The van der Waals surface area contributed by atoms with Crippen LogP contribution in [0.3, 0.4) is 0 Å². The van der Waals surface area contributed by atoms with Gasteiger partial charge < -0.3 is 14.7 Å². The van der Waals surface area contributed by atoms with Gasteiger partial charge in [0.2, 0.25) is 0 Å². The monoisotopic (exact) mass is 289 g/mol. The van der Waals surface area contributed by atoms with E-state index in [1.165, 1.54) is 17.5 Å². The number of piperidine rings is 1. The van der Waals surface area contributed by atoms with Crippen molar-refractivity contribution in [1.29, 1.82) is 0 Å². The number of fused-ring (bicyclic) bond motifs is 1. The molecule has 0 aromatic heterocycles. The Labute approximate surface area is 125 Å².